The number of nitrogens with zero attached hydrogens (tertiary/aromatic N) is 1. The fourth-order valence-electron chi connectivity index (χ4n) is 5.03. The van der Waals surface area contributed by atoms with E-state index in [1.54, 1.807) is 12.1 Å². The van der Waals surface area contributed by atoms with Crippen LogP contribution < -0.4 is 22.1 Å². The smallest absolute Gasteiger partial charge is 0.323 e. The third-order valence-electron chi connectivity index (χ3n) is 7.78. The van der Waals surface area contributed by atoms with Crippen molar-refractivity contribution in [3.8, 4) is 5.75 Å². The van der Waals surface area contributed by atoms with E-state index in [0.717, 1.165) is 0 Å². The van der Waals surface area contributed by atoms with E-state index in [0.29, 0.717) is 18.4 Å². The zero-order valence-corrected chi connectivity index (χ0v) is 27.1. The lowest BCUT2D eigenvalue weighted by molar-refractivity contribution is -0.400. The van der Waals surface area contributed by atoms with Crippen LogP contribution in [0, 0.1) is 11.8 Å². The quantitative estimate of drug-likeness (QED) is 0.0732. The maximum Gasteiger partial charge on any atom is 0.323 e. The lowest BCUT2D eigenvalue weighted by Crippen LogP contribution is -2.70. The van der Waals surface area contributed by atoms with Crippen molar-refractivity contribution in [3.63, 3.8) is 0 Å². The van der Waals surface area contributed by atoms with Gasteiger partial charge in [0, 0.05) is 37.0 Å². The summed E-state index contributed by atoms with van der Waals surface area (Å²) in [6, 6.07) is 1.25. The number of aliphatic hydroxyl groups is 1. The van der Waals surface area contributed by atoms with Crippen molar-refractivity contribution in [2.45, 2.75) is 68.4 Å². The van der Waals surface area contributed by atoms with E-state index >= 15 is 0 Å². The van der Waals surface area contributed by atoms with Gasteiger partial charge in [-0.15, -0.1) is 0 Å². The van der Waals surface area contributed by atoms with Gasteiger partial charge in [-0.3, -0.25) is 33.6 Å². The van der Waals surface area contributed by atoms with Crippen LogP contribution in [0.1, 0.15) is 38.2 Å². The van der Waals surface area contributed by atoms with Crippen LogP contribution in [0.5, 0.6) is 5.75 Å². The number of Topliss-reactive ketones (excluding diaryl/α,β-unsaturated/α-hetero) is 2. The highest BCUT2D eigenvalue weighted by Gasteiger charge is 2.39. The molecule has 10 N–H and O–H groups in total. The maximum atomic E-state index is 13.4. The van der Waals surface area contributed by atoms with Crippen molar-refractivity contribution in [1.29, 1.82) is 0 Å². The molecule has 15 nitrogen and oxygen atoms in total. The van der Waals surface area contributed by atoms with Crippen LogP contribution in [-0.2, 0) is 40.0 Å². The number of quaternary nitrogens is 1. The Hall–Kier alpha value is -3.67. The van der Waals surface area contributed by atoms with Crippen molar-refractivity contribution in [1.82, 2.24) is 15.5 Å². The number of phenolic OH excluding ortho intramolecular Hbond substituents is 1. The minimum absolute atomic E-state index is 0.00997. The number of nitrogens with one attached hydrogen (secondary N) is 2. The van der Waals surface area contributed by atoms with E-state index in [1.807, 2.05) is 0 Å². The Kier molecular flexibility index (Phi) is 15.0. The molecule has 4 amide bonds. The number of rotatable bonds is 18. The number of carboxylic acid groups (broad SMARTS) is 1. The van der Waals surface area contributed by atoms with Crippen LogP contribution in [-0.4, -0.2) is 110 Å². The molecule has 254 valence electrons. The summed E-state index contributed by atoms with van der Waals surface area (Å²) in [6.45, 7) is 0.967. The predicted molar refractivity (Wildman–Crippen MR) is 170 cm³/mol. The Morgan fingerprint density at radius 3 is 2.22 bits per heavy atom. The summed E-state index contributed by atoms with van der Waals surface area (Å²) in [7, 11) is 0. The van der Waals surface area contributed by atoms with Crippen LogP contribution >= 0.6 is 25.3 Å². The summed E-state index contributed by atoms with van der Waals surface area (Å²) < 4.78 is 0. The second kappa shape index (κ2) is 17.9. The van der Waals surface area contributed by atoms with Gasteiger partial charge in [0.25, 0.3) is 0 Å². The highest BCUT2D eigenvalue weighted by molar-refractivity contribution is 7.81. The molecule has 1 fully saturated rings. The standard InChI is InChI=1S/C29H41N5O10S2/c1-14(9-22(38)23(30)24(46)29(43)44)28(42)34-8-2-3-20(34)27(41)33-19(13-45)21(37)11-16(10-15-4-6-17(36)7-5-15)26(40)32-18(12-35)25(31)39/h4-7,14,16,18-20,23-24,35-36,45-46H,2-3,8-13,30H2,1H3,(H2,31,39)(H,32,40)(H,33,41)(H,43,44)/p+1/t14-,16-,18+,19+,20+,23-,24-/m1/s1. The van der Waals surface area contributed by atoms with Gasteiger partial charge in [0.05, 0.1) is 12.6 Å². The first-order valence-electron chi connectivity index (χ1n) is 14.6. The van der Waals surface area contributed by atoms with Gasteiger partial charge in [-0.25, -0.2) is 0 Å². The molecule has 0 aromatic heterocycles. The lowest BCUT2D eigenvalue weighted by Gasteiger charge is -2.28. The Bertz CT molecular complexity index is 1300. The van der Waals surface area contributed by atoms with Gasteiger partial charge in [0.2, 0.25) is 23.6 Å². The molecule has 0 spiro atoms. The number of phenols is 1. The van der Waals surface area contributed by atoms with Gasteiger partial charge in [-0.2, -0.15) is 25.3 Å². The van der Waals surface area contributed by atoms with Crippen LogP contribution in [0.3, 0.4) is 0 Å². The summed E-state index contributed by atoms with van der Waals surface area (Å²) >= 11 is 8.09. The number of primary amides is 1. The van der Waals surface area contributed by atoms with E-state index in [9.17, 15) is 43.8 Å². The van der Waals surface area contributed by atoms with Crippen molar-refractivity contribution >= 4 is 66.4 Å². The average molecular weight is 685 g/mol. The third kappa shape index (κ3) is 10.7. The van der Waals surface area contributed by atoms with E-state index in [-0.39, 0.29) is 30.9 Å². The number of hydrogen-bond acceptors (Lipinski definition) is 11. The molecule has 1 aliphatic heterocycles. The topological polar surface area (TPSA) is 261 Å². The molecule has 7 atom stereocenters. The van der Waals surface area contributed by atoms with E-state index in [4.69, 9.17) is 10.8 Å². The Labute approximate surface area is 276 Å². The molecule has 17 heteroatoms. The molecule has 1 aromatic rings. The molecule has 0 unspecified atom stereocenters. The summed E-state index contributed by atoms with van der Waals surface area (Å²) in [5, 5.41) is 31.7. The number of amides is 4. The molecule has 2 rings (SSSR count). The number of thiol groups is 2. The summed E-state index contributed by atoms with van der Waals surface area (Å²) in [5.41, 5.74) is 9.36. The number of hydrogen-bond donors (Lipinski definition) is 9. The first-order valence-corrected chi connectivity index (χ1v) is 15.8. The molecular formula is C29H42N5O10S2+. The fourth-order valence-corrected chi connectivity index (χ4v) is 5.49. The normalized spacial score (nSPS) is 18.4. The molecule has 0 saturated carbocycles. The number of likely N-dealkylation sites (tertiary alicyclic amines) is 1. The summed E-state index contributed by atoms with van der Waals surface area (Å²) in [5.74, 6) is -7.32. The van der Waals surface area contributed by atoms with Gasteiger partial charge < -0.3 is 42.3 Å². The minimum Gasteiger partial charge on any atom is -0.508 e. The van der Waals surface area contributed by atoms with Crippen LogP contribution in [0.4, 0.5) is 0 Å². The van der Waals surface area contributed by atoms with E-state index < -0.39 is 95.4 Å². The van der Waals surface area contributed by atoms with Crippen LogP contribution in [0.25, 0.3) is 0 Å². The lowest BCUT2D eigenvalue weighted by atomic mass is 9.91. The predicted octanol–water partition coefficient (Wildman–Crippen LogP) is -2.53. The number of aromatic hydroxyl groups is 1. The van der Waals surface area contributed by atoms with E-state index in [2.05, 4.69) is 41.6 Å². The number of aliphatic carboxylic acids is 1. The summed E-state index contributed by atoms with van der Waals surface area (Å²) in [4.78, 5) is 89.6. The SMILES string of the molecule is C[C@H](CC(=O)[C@@H]([NH3+])[C@@H](S)C(=O)O)C(=O)N1CCC[C@H]1C(=O)N[C@@H](CS)C(=O)C[C@@H](Cc1ccc(O)cc1)C(=O)N[C@@H](CO)C(N)=O. The van der Waals surface area contributed by atoms with Gasteiger partial charge in [-0.1, -0.05) is 19.1 Å². The number of aliphatic hydroxyl groups excluding tert-OH is 1. The number of ketones is 2. The third-order valence-corrected chi connectivity index (χ3v) is 8.73. The van der Waals surface area contributed by atoms with Crippen LogP contribution in [0.2, 0.25) is 0 Å². The number of carbonyl (C=O) groups excluding carboxylic acids is 6. The second-order valence-corrected chi connectivity index (χ2v) is 12.2. The monoisotopic (exact) mass is 684 g/mol. The van der Waals surface area contributed by atoms with Gasteiger partial charge in [0.1, 0.15) is 17.8 Å². The summed E-state index contributed by atoms with van der Waals surface area (Å²) in [6.07, 6.45) is 0.106. The molecule has 1 saturated heterocycles. The second-order valence-electron chi connectivity index (χ2n) is 11.3. The van der Waals surface area contributed by atoms with Crippen LogP contribution in [0.15, 0.2) is 24.3 Å². The highest BCUT2D eigenvalue weighted by atomic mass is 32.1. The molecule has 0 aliphatic carbocycles. The number of carboxylic acids is 1. The zero-order valence-electron chi connectivity index (χ0n) is 25.3. The number of benzene rings is 1. The molecule has 1 heterocycles. The van der Waals surface area contributed by atoms with E-state index in [1.165, 1.54) is 24.0 Å². The van der Waals surface area contributed by atoms with Gasteiger partial charge in [0.15, 0.2) is 22.9 Å². The Morgan fingerprint density at radius 1 is 1.04 bits per heavy atom. The number of carbonyl (C=O) groups is 7. The Morgan fingerprint density at radius 2 is 1.67 bits per heavy atom. The van der Waals surface area contributed by atoms with Gasteiger partial charge in [-0.05, 0) is 37.0 Å². The van der Waals surface area contributed by atoms with Crippen molar-refractivity contribution in [3.05, 3.63) is 29.8 Å². The molecular weight excluding hydrogens is 642 g/mol. The number of nitrogens with two attached hydrogens (primary N) is 1. The largest absolute Gasteiger partial charge is 0.508 e. The molecule has 1 aliphatic rings. The maximum absolute atomic E-state index is 13.4. The highest BCUT2D eigenvalue weighted by Crippen LogP contribution is 2.23. The first kappa shape index (κ1) is 38.5. The van der Waals surface area contributed by atoms with Crippen molar-refractivity contribution in [2.75, 3.05) is 18.9 Å². The minimum atomic E-state index is -1.38. The molecule has 46 heavy (non-hydrogen) atoms. The van der Waals surface area contributed by atoms with Gasteiger partial charge >= 0.3 is 5.97 Å². The molecule has 1 aromatic carbocycles. The Balaban J connectivity index is 2.13. The van der Waals surface area contributed by atoms with Crippen molar-refractivity contribution in [2.24, 2.45) is 17.6 Å². The molecule has 0 bridgehead atoms. The zero-order chi connectivity index (χ0) is 34.7. The first-order chi connectivity index (χ1) is 21.6. The fraction of sp³-hybridized carbons (Fsp3) is 0.552. The average Bonchev–Trinajstić information content (AvgIpc) is 3.51. The molecule has 0 radical (unpaired) electrons. The van der Waals surface area contributed by atoms with Crippen molar-refractivity contribution < 1.29 is 54.6 Å².